The summed E-state index contributed by atoms with van der Waals surface area (Å²) in [5.74, 6) is 1.11. The Labute approximate surface area is 122 Å². The van der Waals surface area contributed by atoms with Crippen LogP contribution in [0.2, 0.25) is 0 Å². The maximum absolute atomic E-state index is 5.52. The first-order valence-electron chi connectivity index (χ1n) is 7.69. The number of rotatable bonds is 6. The fraction of sp³-hybridized carbons (Fsp3) is 0.688. The van der Waals surface area contributed by atoms with Crippen LogP contribution in [0.25, 0.3) is 0 Å². The second kappa shape index (κ2) is 7.60. The van der Waals surface area contributed by atoms with Gasteiger partial charge in [0.2, 0.25) is 0 Å². The lowest BCUT2D eigenvalue weighted by atomic mass is 10.1. The predicted octanol–water partition coefficient (Wildman–Crippen LogP) is 2.37. The van der Waals surface area contributed by atoms with E-state index in [1.807, 2.05) is 14.2 Å². The molecule has 2 heterocycles. The zero-order valence-electron chi connectivity index (χ0n) is 13.0. The van der Waals surface area contributed by atoms with Gasteiger partial charge >= 0.3 is 0 Å². The van der Waals surface area contributed by atoms with Gasteiger partial charge in [-0.05, 0) is 44.0 Å². The Morgan fingerprint density at radius 3 is 3.00 bits per heavy atom. The maximum Gasteiger partial charge on any atom is 0.129 e. The van der Waals surface area contributed by atoms with Gasteiger partial charge in [0.1, 0.15) is 5.82 Å². The summed E-state index contributed by atoms with van der Waals surface area (Å²) in [5.41, 5.74) is 2.52. The van der Waals surface area contributed by atoms with Crippen molar-refractivity contribution in [2.75, 3.05) is 32.1 Å². The fourth-order valence-corrected chi connectivity index (χ4v) is 2.82. The summed E-state index contributed by atoms with van der Waals surface area (Å²) in [7, 11) is 3.79. The van der Waals surface area contributed by atoms with Crippen LogP contribution in [-0.2, 0) is 17.7 Å². The third-order valence-corrected chi connectivity index (χ3v) is 3.85. The van der Waals surface area contributed by atoms with Crippen molar-refractivity contribution < 1.29 is 4.74 Å². The molecule has 1 fully saturated rings. The molecule has 0 amide bonds. The molecule has 4 nitrogen and oxygen atoms in total. The fourth-order valence-electron chi connectivity index (χ4n) is 2.82. The highest BCUT2D eigenvalue weighted by molar-refractivity contribution is 5.43. The number of aromatic nitrogens is 1. The summed E-state index contributed by atoms with van der Waals surface area (Å²) in [4.78, 5) is 7.21. The molecule has 112 valence electrons. The number of nitrogens with zero attached hydrogens (tertiary/aromatic N) is 2. The molecule has 1 aromatic rings. The predicted molar refractivity (Wildman–Crippen MR) is 83.2 cm³/mol. The van der Waals surface area contributed by atoms with Crippen molar-refractivity contribution >= 4 is 5.82 Å². The number of ether oxygens (including phenoxy) is 1. The first-order chi connectivity index (χ1) is 9.76. The van der Waals surface area contributed by atoms with E-state index in [0.717, 1.165) is 44.7 Å². The number of pyridine rings is 1. The highest BCUT2D eigenvalue weighted by Crippen LogP contribution is 2.21. The minimum absolute atomic E-state index is 0.341. The average Bonchev–Trinajstić information content (AvgIpc) is 2.48. The number of hydrogen-bond acceptors (Lipinski definition) is 4. The Morgan fingerprint density at radius 2 is 2.30 bits per heavy atom. The van der Waals surface area contributed by atoms with E-state index in [4.69, 9.17) is 9.72 Å². The molecule has 1 aliphatic rings. The highest BCUT2D eigenvalue weighted by atomic mass is 16.5. The Bertz CT molecular complexity index is 398. The number of anilines is 1. The zero-order valence-corrected chi connectivity index (χ0v) is 13.0. The first kappa shape index (κ1) is 15.3. The van der Waals surface area contributed by atoms with E-state index in [-0.39, 0.29) is 0 Å². The van der Waals surface area contributed by atoms with E-state index in [0.29, 0.717) is 6.10 Å². The molecule has 0 saturated carbocycles. The standard InChI is InChI=1S/C16H27N3O/c1-4-6-14-9-13(11-17-2)10-16(18-14)19-8-5-7-15(12-19)20-3/h9-10,15,17H,4-8,11-12H2,1-3H3. The van der Waals surface area contributed by atoms with Gasteiger partial charge in [-0.1, -0.05) is 13.3 Å². The van der Waals surface area contributed by atoms with Crippen molar-refractivity contribution in [2.45, 2.75) is 45.3 Å². The summed E-state index contributed by atoms with van der Waals surface area (Å²) >= 11 is 0. The summed E-state index contributed by atoms with van der Waals surface area (Å²) in [6.45, 7) is 5.14. The number of nitrogens with one attached hydrogen (secondary N) is 1. The molecular weight excluding hydrogens is 250 g/mol. The molecule has 1 aliphatic heterocycles. The van der Waals surface area contributed by atoms with Gasteiger partial charge in [-0.15, -0.1) is 0 Å². The quantitative estimate of drug-likeness (QED) is 0.866. The number of aryl methyl sites for hydroxylation is 1. The lowest BCUT2D eigenvalue weighted by Gasteiger charge is -2.33. The molecule has 0 aliphatic carbocycles. The van der Waals surface area contributed by atoms with Crippen molar-refractivity contribution in [1.82, 2.24) is 10.3 Å². The number of methoxy groups -OCH3 is 1. The summed E-state index contributed by atoms with van der Waals surface area (Å²) in [6, 6.07) is 4.44. The van der Waals surface area contributed by atoms with E-state index >= 15 is 0 Å². The minimum Gasteiger partial charge on any atom is -0.380 e. The van der Waals surface area contributed by atoms with Gasteiger partial charge in [0.15, 0.2) is 0 Å². The lowest BCUT2D eigenvalue weighted by Crippen LogP contribution is -2.39. The molecule has 1 N–H and O–H groups in total. The van der Waals surface area contributed by atoms with E-state index in [1.54, 1.807) is 0 Å². The van der Waals surface area contributed by atoms with E-state index in [1.165, 1.54) is 17.7 Å². The first-order valence-corrected chi connectivity index (χ1v) is 7.69. The monoisotopic (exact) mass is 277 g/mol. The largest absolute Gasteiger partial charge is 0.380 e. The van der Waals surface area contributed by atoms with Crippen molar-refractivity contribution in [2.24, 2.45) is 0 Å². The third-order valence-electron chi connectivity index (χ3n) is 3.85. The van der Waals surface area contributed by atoms with Gasteiger partial charge in [0, 0.05) is 32.4 Å². The van der Waals surface area contributed by atoms with Crippen molar-refractivity contribution in [3.63, 3.8) is 0 Å². The van der Waals surface area contributed by atoms with E-state index < -0.39 is 0 Å². The van der Waals surface area contributed by atoms with Gasteiger partial charge in [-0.2, -0.15) is 0 Å². The van der Waals surface area contributed by atoms with Crippen molar-refractivity contribution in [1.29, 1.82) is 0 Å². The highest BCUT2D eigenvalue weighted by Gasteiger charge is 2.21. The van der Waals surface area contributed by atoms with Crippen LogP contribution in [-0.4, -0.2) is 38.3 Å². The molecule has 0 spiro atoms. The Balaban J connectivity index is 2.19. The zero-order chi connectivity index (χ0) is 14.4. The lowest BCUT2D eigenvalue weighted by molar-refractivity contribution is 0.0891. The van der Waals surface area contributed by atoms with Crippen LogP contribution < -0.4 is 10.2 Å². The van der Waals surface area contributed by atoms with Gasteiger partial charge < -0.3 is 15.0 Å². The summed E-state index contributed by atoms with van der Waals surface area (Å²) in [6.07, 6.45) is 4.86. The Hall–Kier alpha value is -1.13. The van der Waals surface area contributed by atoms with Crippen LogP contribution in [0.4, 0.5) is 5.82 Å². The Kier molecular flexibility index (Phi) is 5.80. The van der Waals surface area contributed by atoms with Crippen LogP contribution in [0.5, 0.6) is 0 Å². The van der Waals surface area contributed by atoms with Crippen LogP contribution >= 0.6 is 0 Å². The topological polar surface area (TPSA) is 37.4 Å². The van der Waals surface area contributed by atoms with Crippen molar-refractivity contribution in [3.05, 3.63) is 23.4 Å². The second-order valence-electron chi connectivity index (χ2n) is 5.55. The molecule has 1 saturated heterocycles. The minimum atomic E-state index is 0.341. The molecule has 2 rings (SSSR count). The molecule has 1 aromatic heterocycles. The smallest absolute Gasteiger partial charge is 0.129 e. The molecule has 1 atom stereocenters. The van der Waals surface area contributed by atoms with Gasteiger partial charge in [-0.3, -0.25) is 0 Å². The average molecular weight is 277 g/mol. The van der Waals surface area contributed by atoms with E-state index in [2.05, 4.69) is 29.3 Å². The molecule has 20 heavy (non-hydrogen) atoms. The van der Waals surface area contributed by atoms with Crippen LogP contribution in [0.3, 0.4) is 0 Å². The summed E-state index contributed by atoms with van der Waals surface area (Å²) in [5, 5.41) is 3.23. The normalized spacial score (nSPS) is 19.4. The number of piperidine rings is 1. The third kappa shape index (κ3) is 3.93. The van der Waals surface area contributed by atoms with Gasteiger partial charge in [0.05, 0.1) is 6.10 Å². The molecule has 4 heteroatoms. The second-order valence-corrected chi connectivity index (χ2v) is 5.55. The number of hydrogen-bond donors (Lipinski definition) is 1. The van der Waals surface area contributed by atoms with Crippen LogP contribution in [0, 0.1) is 0 Å². The molecular formula is C16H27N3O. The van der Waals surface area contributed by atoms with Crippen molar-refractivity contribution in [3.8, 4) is 0 Å². The molecule has 0 radical (unpaired) electrons. The van der Waals surface area contributed by atoms with Crippen LogP contribution in [0.15, 0.2) is 12.1 Å². The van der Waals surface area contributed by atoms with Crippen LogP contribution in [0.1, 0.15) is 37.4 Å². The molecule has 0 bridgehead atoms. The summed E-state index contributed by atoms with van der Waals surface area (Å²) < 4.78 is 5.52. The Morgan fingerprint density at radius 1 is 1.45 bits per heavy atom. The van der Waals surface area contributed by atoms with Gasteiger partial charge in [0.25, 0.3) is 0 Å². The molecule has 1 unspecified atom stereocenters. The maximum atomic E-state index is 5.52. The molecule has 0 aromatic carbocycles. The SMILES string of the molecule is CCCc1cc(CNC)cc(N2CCCC(OC)C2)n1. The van der Waals surface area contributed by atoms with Gasteiger partial charge in [-0.25, -0.2) is 4.98 Å². The van der Waals surface area contributed by atoms with E-state index in [9.17, 15) is 0 Å².